The molecular weight excluding hydrogens is 1410 g/mol. The first-order valence-corrected chi connectivity index (χ1v) is 36.9. The molecule has 12 rings (SSSR count). The van der Waals surface area contributed by atoms with Gasteiger partial charge in [0.25, 0.3) is 0 Å². The molecule has 564 valence electrons. The fraction of sp³-hybridized carbons (Fsp3) is 0.174. The molecule has 0 saturated heterocycles. The quantitative estimate of drug-likeness (QED) is 0.0122. The summed E-state index contributed by atoms with van der Waals surface area (Å²) in [5.41, 5.74) is 8.22. The van der Waals surface area contributed by atoms with Crippen molar-refractivity contribution in [3.8, 4) is 34.5 Å². The van der Waals surface area contributed by atoms with Gasteiger partial charge in [-0.1, -0.05) is 110 Å². The van der Waals surface area contributed by atoms with Gasteiger partial charge in [0.05, 0.1) is 71.4 Å². The monoisotopic (exact) mass is 1490 g/mol. The highest BCUT2D eigenvalue weighted by Crippen LogP contribution is 2.38. The molecule has 0 aromatic heterocycles. The fourth-order valence-corrected chi connectivity index (χ4v) is 11.9. The van der Waals surface area contributed by atoms with E-state index in [1.165, 1.54) is 0 Å². The number of nitrogens with one attached hydrogen (secondary N) is 2. The number of anilines is 2. The molecule has 0 atom stereocenters. The van der Waals surface area contributed by atoms with E-state index >= 15 is 0 Å². The van der Waals surface area contributed by atoms with Crippen molar-refractivity contribution in [2.75, 3.05) is 37.1 Å². The van der Waals surface area contributed by atoms with Crippen LogP contribution in [0, 0.1) is 0 Å². The fourth-order valence-electron chi connectivity index (χ4n) is 11.9. The zero-order chi connectivity index (χ0) is 78.0. The summed E-state index contributed by atoms with van der Waals surface area (Å²) in [6.45, 7) is 13.2. The lowest BCUT2D eigenvalue weighted by atomic mass is 10.1. The number of carbonyl (C=O) groups is 6. The Kier molecular flexibility index (Phi) is 26.9. The minimum absolute atomic E-state index is 0.276. The van der Waals surface area contributed by atoms with Crippen molar-refractivity contribution in [1.29, 1.82) is 0 Å². The van der Waals surface area contributed by atoms with Gasteiger partial charge in [0.15, 0.2) is 0 Å². The number of carbonyl (C=O) groups excluding carboxylic acids is 6. The van der Waals surface area contributed by atoms with Crippen LogP contribution in [0.5, 0.6) is 34.5 Å². The van der Waals surface area contributed by atoms with Gasteiger partial charge in [0, 0.05) is 67.9 Å². The highest BCUT2D eigenvalue weighted by Gasteiger charge is 2.19. The van der Waals surface area contributed by atoms with Crippen LogP contribution in [-0.4, -0.2) is 62.2 Å². The van der Waals surface area contributed by atoms with Gasteiger partial charge in [0.2, 0.25) is 0 Å². The minimum Gasteiger partial charge on any atom is -0.494 e. The summed E-state index contributed by atoms with van der Waals surface area (Å²) in [5.74, 6) is -0.184. The molecule has 0 amide bonds. The van der Waals surface area contributed by atoms with Crippen LogP contribution in [0.1, 0.15) is 118 Å². The van der Waals surface area contributed by atoms with Crippen LogP contribution >= 0.6 is 0 Å². The molecule has 0 saturated carbocycles. The Morgan fingerprint density at radius 2 is 0.625 bits per heavy atom. The van der Waals surface area contributed by atoms with E-state index in [1.807, 2.05) is 97.1 Å². The molecule has 12 aromatic carbocycles. The van der Waals surface area contributed by atoms with E-state index in [0.717, 1.165) is 95.4 Å². The number of esters is 6. The second-order valence-electron chi connectivity index (χ2n) is 26.4. The average molecular weight is 1500 g/mol. The Bertz CT molecular complexity index is 5080. The third kappa shape index (κ3) is 21.7. The van der Waals surface area contributed by atoms with Gasteiger partial charge in [-0.05, 0) is 234 Å². The third-order valence-electron chi connectivity index (χ3n) is 18.0. The molecule has 0 fully saturated rings. The summed E-state index contributed by atoms with van der Waals surface area (Å²) in [7, 11) is 0. The molecule has 0 aliphatic rings. The lowest BCUT2D eigenvalue weighted by Gasteiger charge is -2.12. The van der Waals surface area contributed by atoms with Crippen LogP contribution < -0.4 is 39.1 Å². The number of unbranched alkanes of at least 4 members (excludes halogenated alkanes) is 6. The predicted molar refractivity (Wildman–Crippen MR) is 433 cm³/mol. The maximum atomic E-state index is 13.7. The van der Waals surface area contributed by atoms with Gasteiger partial charge in [-0.3, -0.25) is 0 Å². The summed E-state index contributed by atoms with van der Waals surface area (Å²) in [6.07, 6.45) is 6.97. The topological polar surface area (TPSA) is 250 Å². The number of ether oxygens (including phenoxy) is 8. The SMILES string of the molecule is C=C(C)C(=O)OCCCCCCOc1ccc(C(=O)Oc2ccc(CNc3ccc(N=Nc4ccc(C(=O)Oc5cccc6c(OC(=O)c7ccc(N=Nc8ccc(NCc9ccc(OC(=O)c%10ccc(OCCCCCCOC(=O)C(=C)C)cc%10)cc9)c9ccccc89)cc7)cccc56)cc4)c4ccccc34)cc2)cc1. The lowest BCUT2D eigenvalue weighted by Crippen LogP contribution is -2.09. The van der Waals surface area contributed by atoms with E-state index in [9.17, 15) is 28.8 Å². The van der Waals surface area contributed by atoms with Crippen molar-refractivity contribution < 1.29 is 66.7 Å². The summed E-state index contributed by atoms with van der Waals surface area (Å²) in [4.78, 5) is 76.4. The maximum Gasteiger partial charge on any atom is 0.343 e. The van der Waals surface area contributed by atoms with E-state index < -0.39 is 23.9 Å². The van der Waals surface area contributed by atoms with Crippen molar-refractivity contribution in [3.05, 3.63) is 312 Å². The molecule has 112 heavy (non-hydrogen) atoms. The Balaban J connectivity index is 0.576. The molecule has 20 heteroatoms. The molecule has 2 N–H and O–H groups in total. The number of azo groups is 2. The number of rotatable bonds is 36. The molecule has 0 aliphatic carbocycles. The van der Waals surface area contributed by atoms with Gasteiger partial charge in [-0.15, -0.1) is 10.2 Å². The standard InChI is InChI=1S/C92H82N6O14/c1-61(2)87(99)107-57-15-7-5-13-55-105-71-47-35-67(36-48-71)89(101)109-73-43-27-63(28-44-73)59-93-81-51-53-83(77-21-11-9-19-75(77)81)97-95-69-39-31-65(32-40-69)91(103)111-85-25-17-24-80-79(85)23-18-26-86(80)112-92(104)66-33-41-70(42-34-66)96-98-84-54-52-82(76-20-10-12-22-78(76)84)94-60-64-29-45-74(46-30-64)110-90(102)68-37-49-72(50-38-68)106-56-14-6-8-16-58-108-88(100)62(3)4/h9-12,17-54,93-94H,1,3,5-8,13-16,55-60H2,2,4H3. The zero-order valence-electron chi connectivity index (χ0n) is 62.1. The first kappa shape index (κ1) is 77.7. The number of benzene rings is 12. The van der Waals surface area contributed by atoms with E-state index in [4.69, 9.17) is 37.9 Å². The first-order valence-electron chi connectivity index (χ1n) is 36.9. The highest BCUT2D eigenvalue weighted by atomic mass is 16.6. The number of hydrogen-bond donors (Lipinski definition) is 2. The molecule has 20 nitrogen and oxygen atoms in total. The molecule has 0 spiro atoms. The van der Waals surface area contributed by atoms with Crippen LogP contribution in [-0.2, 0) is 32.2 Å². The third-order valence-corrected chi connectivity index (χ3v) is 18.0. The highest BCUT2D eigenvalue weighted by molar-refractivity contribution is 6.03. The average Bonchev–Trinajstić information content (AvgIpc) is 0.795. The first-order chi connectivity index (χ1) is 54.6. The van der Waals surface area contributed by atoms with Gasteiger partial charge in [0.1, 0.15) is 34.5 Å². The van der Waals surface area contributed by atoms with Gasteiger partial charge >= 0.3 is 35.8 Å². The van der Waals surface area contributed by atoms with Crippen molar-refractivity contribution in [3.63, 3.8) is 0 Å². The molecule has 0 unspecified atom stereocenters. The second kappa shape index (κ2) is 38.8. The molecule has 0 radical (unpaired) electrons. The summed E-state index contributed by atoms with van der Waals surface area (Å²) >= 11 is 0. The van der Waals surface area contributed by atoms with Crippen molar-refractivity contribution in [2.45, 2.75) is 78.3 Å². The van der Waals surface area contributed by atoms with E-state index in [-0.39, 0.29) is 34.6 Å². The largest absolute Gasteiger partial charge is 0.494 e. The van der Waals surface area contributed by atoms with Crippen molar-refractivity contribution >= 4 is 102 Å². The van der Waals surface area contributed by atoms with Crippen LogP contribution in [0.25, 0.3) is 32.3 Å². The lowest BCUT2D eigenvalue weighted by molar-refractivity contribution is -0.139. The number of hydrogen-bond acceptors (Lipinski definition) is 20. The van der Waals surface area contributed by atoms with Crippen molar-refractivity contribution in [1.82, 2.24) is 0 Å². The Morgan fingerprint density at radius 3 is 0.991 bits per heavy atom. The zero-order valence-corrected chi connectivity index (χ0v) is 62.1. The van der Waals surface area contributed by atoms with Gasteiger partial charge in [-0.2, -0.15) is 10.2 Å². The summed E-state index contributed by atoms with van der Waals surface area (Å²) in [5, 5.41) is 30.1. The van der Waals surface area contributed by atoms with E-state index in [2.05, 4.69) is 44.2 Å². The molecule has 0 aliphatic heterocycles. The smallest absolute Gasteiger partial charge is 0.343 e. The molecular formula is C92H82N6O14. The Labute approximate surface area is 648 Å². The normalized spacial score (nSPS) is 11.1. The van der Waals surface area contributed by atoms with Crippen LogP contribution in [0.3, 0.4) is 0 Å². The summed E-state index contributed by atoms with van der Waals surface area (Å²) in [6, 6.07) is 75.4. The molecule has 12 aromatic rings. The Hall–Kier alpha value is -13.9. The van der Waals surface area contributed by atoms with E-state index in [0.29, 0.717) is 118 Å². The summed E-state index contributed by atoms with van der Waals surface area (Å²) < 4.78 is 45.2. The number of fused-ring (bicyclic) bond motifs is 3. The van der Waals surface area contributed by atoms with Crippen molar-refractivity contribution in [2.24, 2.45) is 20.5 Å². The number of nitrogens with zero attached hydrogens (tertiary/aromatic N) is 4. The molecule has 0 bridgehead atoms. The van der Waals surface area contributed by atoms with E-state index in [1.54, 1.807) is 172 Å². The van der Waals surface area contributed by atoms with Gasteiger partial charge < -0.3 is 48.5 Å². The van der Waals surface area contributed by atoms with Gasteiger partial charge in [-0.25, -0.2) is 28.8 Å². The van der Waals surface area contributed by atoms with Crippen LogP contribution in [0.4, 0.5) is 34.1 Å². The molecule has 0 heterocycles. The Morgan fingerprint density at radius 1 is 0.304 bits per heavy atom. The van der Waals surface area contributed by atoms with Crippen LogP contribution in [0.15, 0.2) is 300 Å². The second-order valence-corrected chi connectivity index (χ2v) is 26.4. The minimum atomic E-state index is -0.599. The predicted octanol–water partition coefficient (Wildman–Crippen LogP) is 22.2. The van der Waals surface area contributed by atoms with Crippen LogP contribution in [0.2, 0.25) is 0 Å². The maximum absolute atomic E-state index is 13.7.